The van der Waals surface area contributed by atoms with Crippen LogP contribution >= 0.6 is 0 Å². The molecule has 4 rings (SSSR count). The molecule has 4 heteroatoms. The van der Waals surface area contributed by atoms with Crippen LogP contribution in [-0.2, 0) is 25.9 Å². The van der Waals surface area contributed by atoms with E-state index in [0.29, 0.717) is 13.1 Å². The zero-order valence-corrected chi connectivity index (χ0v) is 18.7. The Hall–Kier alpha value is -2.88. The van der Waals surface area contributed by atoms with Crippen molar-refractivity contribution in [2.24, 2.45) is 0 Å². The molecule has 1 aliphatic rings. The fourth-order valence-corrected chi connectivity index (χ4v) is 4.88. The lowest BCUT2D eigenvalue weighted by atomic mass is 9.93. The van der Waals surface area contributed by atoms with Gasteiger partial charge in [-0.1, -0.05) is 48.9 Å². The lowest BCUT2D eigenvalue weighted by Crippen LogP contribution is -2.37. The van der Waals surface area contributed by atoms with Gasteiger partial charge in [0.25, 0.3) is 5.91 Å². The standard InChI is InChI=1S/C26H31N3O/c1-6-22-24(23-18(4)14-17(3)15-19(23)5)27-29(7-2)25(22)26(30)28-13-12-20-10-8-9-11-21(20)16-28/h8-11,14-15H,6-7,12-13,16H2,1-5H3. The number of rotatable bonds is 4. The highest BCUT2D eigenvalue weighted by atomic mass is 16.2. The third kappa shape index (κ3) is 3.45. The van der Waals surface area contributed by atoms with Crippen molar-refractivity contribution in [3.05, 3.63) is 75.5 Å². The number of aromatic nitrogens is 2. The first-order valence-electron chi connectivity index (χ1n) is 11.0. The van der Waals surface area contributed by atoms with E-state index in [1.165, 1.54) is 33.4 Å². The monoisotopic (exact) mass is 401 g/mol. The van der Waals surface area contributed by atoms with Crippen LogP contribution in [0.15, 0.2) is 36.4 Å². The van der Waals surface area contributed by atoms with Crippen molar-refractivity contribution in [1.29, 1.82) is 0 Å². The summed E-state index contributed by atoms with van der Waals surface area (Å²) in [6.45, 7) is 12.7. The van der Waals surface area contributed by atoms with Crippen molar-refractivity contribution in [2.75, 3.05) is 6.54 Å². The minimum absolute atomic E-state index is 0.101. The molecule has 0 saturated heterocycles. The molecule has 30 heavy (non-hydrogen) atoms. The van der Waals surface area contributed by atoms with Gasteiger partial charge in [0.2, 0.25) is 0 Å². The second kappa shape index (κ2) is 8.10. The molecule has 0 bridgehead atoms. The fraction of sp³-hybridized carbons (Fsp3) is 0.385. The summed E-state index contributed by atoms with van der Waals surface area (Å²) in [6, 6.07) is 12.9. The molecule has 2 aromatic carbocycles. The summed E-state index contributed by atoms with van der Waals surface area (Å²) in [7, 11) is 0. The van der Waals surface area contributed by atoms with Gasteiger partial charge in [-0.3, -0.25) is 9.48 Å². The summed E-state index contributed by atoms with van der Waals surface area (Å²) in [5, 5.41) is 4.95. The first-order valence-corrected chi connectivity index (χ1v) is 11.0. The van der Waals surface area contributed by atoms with Crippen LogP contribution in [0, 0.1) is 20.8 Å². The molecule has 0 spiro atoms. The predicted molar refractivity (Wildman–Crippen MR) is 122 cm³/mol. The highest BCUT2D eigenvalue weighted by Gasteiger charge is 2.29. The summed E-state index contributed by atoms with van der Waals surface area (Å²) < 4.78 is 1.91. The van der Waals surface area contributed by atoms with E-state index in [0.717, 1.165) is 36.3 Å². The maximum atomic E-state index is 13.7. The molecule has 0 saturated carbocycles. The Balaban J connectivity index is 1.79. The Bertz CT molecular complexity index is 1090. The van der Waals surface area contributed by atoms with Gasteiger partial charge in [-0.15, -0.1) is 0 Å². The smallest absolute Gasteiger partial charge is 0.272 e. The number of hydrogen-bond acceptors (Lipinski definition) is 2. The van der Waals surface area contributed by atoms with Crippen LogP contribution in [0.5, 0.6) is 0 Å². The number of aryl methyl sites for hydroxylation is 4. The van der Waals surface area contributed by atoms with Gasteiger partial charge in [0.15, 0.2) is 0 Å². The van der Waals surface area contributed by atoms with Crippen molar-refractivity contribution in [1.82, 2.24) is 14.7 Å². The molecule has 4 nitrogen and oxygen atoms in total. The van der Waals surface area contributed by atoms with Gasteiger partial charge >= 0.3 is 0 Å². The van der Waals surface area contributed by atoms with Gasteiger partial charge in [0.1, 0.15) is 5.69 Å². The molecular formula is C26H31N3O. The topological polar surface area (TPSA) is 38.1 Å². The molecule has 2 heterocycles. The Kier molecular flexibility index (Phi) is 5.50. The predicted octanol–water partition coefficient (Wildman–Crippen LogP) is 5.26. The molecule has 0 unspecified atom stereocenters. The van der Waals surface area contributed by atoms with E-state index in [1.807, 2.05) is 9.58 Å². The highest BCUT2D eigenvalue weighted by molar-refractivity contribution is 5.96. The largest absolute Gasteiger partial charge is 0.333 e. The van der Waals surface area contributed by atoms with Gasteiger partial charge in [-0.2, -0.15) is 5.10 Å². The Labute approximate surface area is 179 Å². The van der Waals surface area contributed by atoms with E-state index in [2.05, 4.69) is 71.0 Å². The lowest BCUT2D eigenvalue weighted by molar-refractivity contribution is 0.0721. The average Bonchev–Trinajstić information content (AvgIpc) is 3.10. The molecule has 0 radical (unpaired) electrons. The quantitative estimate of drug-likeness (QED) is 0.598. The van der Waals surface area contributed by atoms with Gasteiger partial charge < -0.3 is 4.90 Å². The fourth-order valence-electron chi connectivity index (χ4n) is 4.88. The van der Waals surface area contributed by atoms with Gasteiger partial charge in [0.05, 0.1) is 5.69 Å². The van der Waals surface area contributed by atoms with Gasteiger partial charge in [-0.25, -0.2) is 0 Å². The number of hydrogen-bond donors (Lipinski definition) is 0. The normalized spacial score (nSPS) is 13.4. The number of fused-ring (bicyclic) bond motifs is 1. The number of benzene rings is 2. The van der Waals surface area contributed by atoms with Crippen molar-refractivity contribution >= 4 is 5.91 Å². The molecule has 1 aliphatic heterocycles. The Morgan fingerprint density at radius 3 is 2.33 bits per heavy atom. The second-order valence-corrected chi connectivity index (χ2v) is 8.36. The van der Waals surface area contributed by atoms with Crippen molar-refractivity contribution in [3.8, 4) is 11.3 Å². The second-order valence-electron chi connectivity index (χ2n) is 8.36. The van der Waals surface area contributed by atoms with E-state index in [9.17, 15) is 4.79 Å². The third-order valence-corrected chi connectivity index (χ3v) is 6.24. The summed E-state index contributed by atoms with van der Waals surface area (Å²) >= 11 is 0. The van der Waals surface area contributed by atoms with Gasteiger partial charge in [-0.05, 0) is 62.8 Å². The molecule has 0 N–H and O–H groups in total. The number of nitrogens with zero attached hydrogens (tertiary/aromatic N) is 3. The minimum atomic E-state index is 0.101. The number of carbonyl (C=O) groups excluding carboxylic acids is 1. The van der Waals surface area contributed by atoms with E-state index >= 15 is 0 Å². The minimum Gasteiger partial charge on any atom is -0.333 e. The first-order chi connectivity index (χ1) is 14.4. The van der Waals surface area contributed by atoms with E-state index < -0.39 is 0 Å². The number of carbonyl (C=O) groups is 1. The van der Waals surface area contributed by atoms with E-state index in [-0.39, 0.29) is 5.91 Å². The van der Waals surface area contributed by atoms with Crippen LogP contribution in [0.25, 0.3) is 11.3 Å². The summed E-state index contributed by atoms with van der Waals surface area (Å²) in [6.07, 6.45) is 1.69. The third-order valence-electron chi connectivity index (χ3n) is 6.24. The van der Waals surface area contributed by atoms with Crippen molar-refractivity contribution < 1.29 is 4.79 Å². The molecule has 1 aromatic heterocycles. The van der Waals surface area contributed by atoms with Crippen LogP contribution < -0.4 is 0 Å². The Morgan fingerprint density at radius 2 is 1.70 bits per heavy atom. The summed E-state index contributed by atoms with van der Waals surface area (Å²) in [5.74, 6) is 0.101. The molecule has 0 fully saturated rings. The van der Waals surface area contributed by atoms with Gasteiger partial charge in [0, 0.05) is 30.8 Å². The highest BCUT2D eigenvalue weighted by Crippen LogP contribution is 2.33. The number of amides is 1. The van der Waals surface area contributed by atoms with Crippen molar-refractivity contribution in [3.63, 3.8) is 0 Å². The van der Waals surface area contributed by atoms with Crippen LogP contribution in [0.2, 0.25) is 0 Å². The molecule has 156 valence electrons. The zero-order chi connectivity index (χ0) is 21.4. The van der Waals surface area contributed by atoms with E-state index in [1.54, 1.807) is 0 Å². The maximum absolute atomic E-state index is 13.7. The lowest BCUT2D eigenvalue weighted by Gasteiger charge is -2.29. The summed E-state index contributed by atoms with van der Waals surface area (Å²) in [5.41, 5.74) is 10.3. The SMILES string of the molecule is CCc1c(-c2c(C)cc(C)cc2C)nn(CC)c1C(=O)N1CCc2ccccc2C1. The molecular weight excluding hydrogens is 370 g/mol. The maximum Gasteiger partial charge on any atom is 0.272 e. The van der Waals surface area contributed by atoms with Crippen LogP contribution in [0.3, 0.4) is 0 Å². The van der Waals surface area contributed by atoms with Crippen LogP contribution in [-0.4, -0.2) is 27.1 Å². The van der Waals surface area contributed by atoms with Crippen LogP contribution in [0.4, 0.5) is 0 Å². The zero-order valence-electron chi connectivity index (χ0n) is 18.7. The molecule has 0 atom stereocenters. The average molecular weight is 402 g/mol. The molecule has 3 aromatic rings. The van der Waals surface area contributed by atoms with E-state index in [4.69, 9.17) is 5.10 Å². The Morgan fingerprint density at radius 1 is 1.03 bits per heavy atom. The molecule has 1 amide bonds. The van der Waals surface area contributed by atoms with Crippen molar-refractivity contribution in [2.45, 2.75) is 60.5 Å². The van der Waals surface area contributed by atoms with Crippen LogP contribution in [0.1, 0.15) is 57.7 Å². The first kappa shape index (κ1) is 20.4. The molecule has 0 aliphatic carbocycles. The summed E-state index contributed by atoms with van der Waals surface area (Å²) in [4.78, 5) is 15.7.